The Kier molecular flexibility index (Phi) is 6.03. The van der Waals surface area contributed by atoms with Gasteiger partial charge in [-0.1, -0.05) is 42.5 Å². The molecule has 4 nitrogen and oxygen atoms in total. The van der Waals surface area contributed by atoms with Gasteiger partial charge < -0.3 is 14.2 Å². The number of ether oxygens (including phenoxy) is 3. The van der Waals surface area contributed by atoms with E-state index in [2.05, 4.69) is 30.3 Å². The van der Waals surface area contributed by atoms with Crippen molar-refractivity contribution in [3.8, 4) is 22.6 Å². The summed E-state index contributed by atoms with van der Waals surface area (Å²) in [5.74, 6) is 1.53. The Morgan fingerprint density at radius 2 is 1.73 bits per heavy atom. The highest BCUT2D eigenvalue weighted by Crippen LogP contribution is 2.37. The summed E-state index contributed by atoms with van der Waals surface area (Å²) in [4.78, 5) is 11.3. The van der Waals surface area contributed by atoms with E-state index in [-0.39, 0.29) is 12.1 Å². The molecule has 0 saturated carbocycles. The van der Waals surface area contributed by atoms with Crippen LogP contribution < -0.4 is 9.47 Å². The molecule has 0 bridgehead atoms. The number of methoxy groups -OCH3 is 2. The van der Waals surface area contributed by atoms with E-state index >= 15 is 0 Å². The molecule has 0 aliphatic heterocycles. The summed E-state index contributed by atoms with van der Waals surface area (Å²) in [5.41, 5.74) is 6.06. The van der Waals surface area contributed by atoms with Crippen molar-refractivity contribution in [2.24, 2.45) is 0 Å². The second-order valence-corrected chi connectivity index (χ2v) is 7.51. The SMILES string of the molecule is COC(=O)CCc1ccc(OC2CCc3cc(-c4cccc(OC)c4)ccc32)cc1. The third-order valence-corrected chi connectivity index (χ3v) is 5.62. The lowest BCUT2D eigenvalue weighted by Gasteiger charge is -2.16. The van der Waals surface area contributed by atoms with Gasteiger partial charge in [-0.15, -0.1) is 0 Å². The van der Waals surface area contributed by atoms with Crippen LogP contribution in [-0.4, -0.2) is 20.2 Å². The highest BCUT2D eigenvalue weighted by atomic mass is 16.5. The molecular formula is C26H26O4. The van der Waals surface area contributed by atoms with Crippen molar-refractivity contribution in [3.63, 3.8) is 0 Å². The molecule has 0 spiro atoms. The summed E-state index contributed by atoms with van der Waals surface area (Å²) in [5, 5.41) is 0. The Hall–Kier alpha value is -3.27. The number of hydrogen-bond donors (Lipinski definition) is 0. The van der Waals surface area contributed by atoms with Gasteiger partial charge in [0.15, 0.2) is 0 Å². The number of carbonyl (C=O) groups is 1. The molecule has 1 unspecified atom stereocenters. The second kappa shape index (κ2) is 9.04. The van der Waals surface area contributed by atoms with E-state index in [4.69, 9.17) is 14.2 Å². The molecule has 4 heteroatoms. The van der Waals surface area contributed by atoms with Crippen LogP contribution in [0.15, 0.2) is 66.7 Å². The molecule has 3 aromatic carbocycles. The first kappa shape index (κ1) is 20.0. The zero-order valence-electron chi connectivity index (χ0n) is 17.4. The van der Waals surface area contributed by atoms with Crippen LogP contribution in [0.25, 0.3) is 11.1 Å². The van der Waals surface area contributed by atoms with Crippen LogP contribution in [0.5, 0.6) is 11.5 Å². The quantitative estimate of drug-likeness (QED) is 0.487. The molecule has 0 fully saturated rings. The van der Waals surface area contributed by atoms with Gasteiger partial charge in [0.1, 0.15) is 17.6 Å². The van der Waals surface area contributed by atoms with E-state index in [9.17, 15) is 4.79 Å². The highest BCUT2D eigenvalue weighted by molar-refractivity contribution is 5.69. The first-order chi connectivity index (χ1) is 14.7. The van der Waals surface area contributed by atoms with E-state index in [0.29, 0.717) is 12.8 Å². The maximum Gasteiger partial charge on any atom is 0.305 e. The molecule has 4 rings (SSSR count). The van der Waals surface area contributed by atoms with Gasteiger partial charge in [0, 0.05) is 6.42 Å². The predicted molar refractivity (Wildman–Crippen MR) is 117 cm³/mol. The first-order valence-electron chi connectivity index (χ1n) is 10.3. The van der Waals surface area contributed by atoms with Gasteiger partial charge in [0.05, 0.1) is 14.2 Å². The number of carbonyl (C=O) groups excluding carboxylic acids is 1. The Morgan fingerprint density at radius 3 is 2.50 bits per heavy atom. The molecule has 1 aliphatic rings. The van der Waals surface area contributed by atoms with Crippen LogP contribution >= 0.6 is 0 Å². The van der Waals surface area contributed by atoms with Crippen LogP contribution in [0.4, 0.5) is 0 Å². The van der Waals surface area contributed by atoms with Crippen molar-refractivity contribution in [1.82, 2.24) is 0 Å². The lowest BCUT2D eigenvalue weighted by molar-refractivity contribution is -0.140. The molecule has 30 heavy (non-hydrogen) atoms. The van der Waals surface area contributed by atoms with Gasteiger partial charge in [-0.2, -0.15) is 0 Å². The van der Waals surface area contributed by atoms with Gasteiger partial charge in [-0.3, -0.25) is 4.79 Å². The normalized spacial score (nSPS) is 14.8. The zero-order chi connectivity index (χ0) is 20.9. The molecule has 0 saturated heterocycles. The van der Waals surface area contributed by atoms with Crippen LogP contribution in [0, 0.1) is 0 Å². The molecular weight excluding hydrogens is 376 g/mol. The molecule has 154 valence electrons. The summed E-state index contributed by atoms with van der Waals surface area (Å²) in [6.07, 6.45) is 3.12. The van der Waals surface area contributed by atoms with E-state index in [0.717, 1.165) is 35.5 Å². The minimum absolute atomic E-state index is 0.0697. The predicted octanol–water partition coefficient (Wildman–Crippen LogP) is 5.53. The van der Waals surface area contributed by atoms with Gasteiger partial charge >= 0.3 is 5.97 Å². The Labute approximate surface area is 177 Å². The highest BCUT2D eigenvalue weighted by Gasteiger charge is 2.24. The van der Waals surface area contributed by atoms with Crippen molar-refractivity contribution in [2.45, 2.75) is 31.8 Å². The number of rotatable bonds is 7. The van der Waals surface area contributed by atoms with E-state index in [1.807, 2.05) is 36.4 Å². The first-order valence-corrected chi connectivity index (χ1v) is 10.3. The minimum Gasteiger partial charge on any atom is -0.497 e. The maximum atomic E-state index is 11.3. The largest absolute Gasteiger partial charge is 0.497 e. The smallest absolute Gasteiger partial charge is 0.305 e. The number of benzene rings is 3. The van der Waals surface area contributed by atoms with E-state index in [1.54, 1.807) is 7.11 Å². The number of fused-ring (bicyclic) bond motifs is 1. The number of aryl methyl sites for hydroxylation is 2. The average molecular weight is 402 g/mol. The fraction of sp³-hybridized carbons (Fsp3) is 0.269. The lowest BCUT2D eigenvalue weighted by Crippen LogP contribution is -2.04. The van der Waals surface area contributed by atoms with Crippen molar-refractivity contribution in [2.75, 3.05) is 14.2 Å². The van der Waals surface area contributed by atoms with Gasteiger partial charge in [-0.25, -0.2) is 0 Å². The van der Waals surface area contributed by atoms with E-state index < -0.39 is 0 Å². The molecule has 0 N–H and O–H groups in total. The van der Waals surface area contributed by atoms with E-state index in [1.165, 1.54) is 23.8 Å². The number of esters is 1. The molecule has 0 radical (unpaired) electrons. The average Bonchev–Trinajstić information content (AvgIpc) is 3.20. The molecule has 3 aromatic rings. The summed E-state index contributed by atoms with van der Waals surface area (Å²) >= 11 is 0. The monoisotopic (exact) mass is 402 g/mol. The second-order valence-electron chi connectivity index (χ2n) is 7.51. The summed E-state index contributed by atoms with van der Waals surface area (Å²) in [6.45, 7) is 0. The fourth-order valence-electron chi connectivity index (χ4n) is 3.93. The number of hydrogen-bond acceptors (Lipinski definition) is 4. The Bertz CT molecular complexity index is 1020. The Morgan fingerprint density at radius 1 is 0.933 bits per heavy atom. The van der Waals surface area contributed by atoms with Crippen molar-refractivity contribution in [1.29, 1.82) is 0 Å². The van der Waals surface area contributed by atoms with Gasteiger partial charge in [0.25, 0.3) is 0 Å². The summed E-state index contributed by atoms with van der Waals surface area (Å²) in [7, 11) is 3.10. The molecule has 0 amide bonds. The standard InChI is InChI=1S/C26H26O4/c1-28-23-5-3-4-19(17-23)20-9-13-24-21(16-20)10-14-25(24)30-22-11-6-18(7-12-22)8-15-26(27)29-2/h3-7,9,11-13,16-17,25H,8,10,14-15H2,1-2H3. The third kappa shape index (κ3) is 4.48. The minimum atomic E-state index is -0.189. The van der Waals surface area contributed by atoms with Crippen molar-refractivity contribution >= 4 is 5.97 Å². The maximum absolute atomic E-state index is 11.3. The molecule has 1 aliphatic carbocycles. The third-order valence-electron chi connectivity index (χ3n) is 5.62. The van der Waals surface area contributed by atoms with Crippen molar-refractivity contribution < 1.29 is 19.0 Å². The van der Waals surface area contributed by atoms with Crippen LogP contribution in [0.1, 0.15) is 35.6 Å². The van der Waals surface area contributed by atoms with Crippen LogP contribution in [0.2, 0.25) is 0 Å². The molecule has 0 heterocycles. The summed E-state index contributed by atoms with van der Waals surface area (Å²) < 4.78 is 16.3. The molecule has 1 atom stereocenters. The van der Waals surface area contributed by atoms with Gasteiger partial charge in [0.2, 0.25) is 0 Å². The topological polar surface area (TPSA) is 44.8 Å². The lowest BCUT2D eigenvalue weighted by atomic mass is 10.00. The fourth-order valence-corrected chi connectivity index (χ4v) is 3.93. The van der Waals surface area contributed by atoms with Crippen molar-refractivity contribution in [3.05, 3.63) is 83.4 Å². The zero-order valence-corrected chi connectivity index (χ0v) is 17.4. The van der Waals surface area contributed by atoms with Crippen LogP contribution in [0.3, 0.4) is 0 Å². The van der Waals surface area contributed by atoms with Gasteiger partial charge in [-0.05, 0) is 71.3 Å². The Balaban J connectivity index is 1.44. The molecule has 0 aromatic heterocycles. The summed E-state index contributed by atoms with van der Waals surface area (Å²) in [6, 6.07) is 22.7. The van der Waals surface area contributed by atoms with Crippen LogP contribution in [-0.2, 0) is 22.4 Å².